The number of carboxylic acid groups (broad SMARTS) is 1. The van der Waals surface area contributed by atoms with E-state index in [0.717, 1.165) is 12.5 Å². The highest BCUT2D eigenvalue weighted by Gasteiger charge is 2.47. The molecule has 0 radical (unpaired) electrons. The van der Waals surface area contributed by atoms with Gasteiger partial charge in [-0.2, -0.15) is 0 Å². The Hall–Kier alpha value is -1.98. The van der Waals surface area contributed by atoms with Crippen molar-refractivity contribution in [3.05, 3.63) is 17.4 Å². The molecule has 2 aliphatic rings. The molecule has 0 saturated heterocycles. The summed E-state index contributed by atoms with van der Waals surface area (Å²) in [4.78, 5) is 11.9. The van der Waals surface area contributed by atoms with Gasteiger partial charge in [-0.1, -0.05) is 19.3 Å². The molecule has 1 saturated carbocycles. The Balaban J connectivity index is 2.24. The smallest absolute Gasteiger partial charge is 0.314 e. The molecule has 21 heavy (non-hydrogen) atoms. The van der Waals surface area contributed by atoms with Gasteiger partial charge in [-0.3, -0.25) is 4.79 Å². The summed E-state index contributed by atoms with van der Waals surface area (Å²) in [6.45, 7) is 0.525. The molecule has 0 atom stereocenters. The Kier molecular flexibility index (Phi) is 3.39. The number of phenolic OH excluding ortho intramolecular Hbond substituents is 1. The van der Waals surface area contributed by atoms with Gasteiger partial charge in [0.2, 0.25) is 0 Å². The van der Waals surface area contributed by atoms with Gasteiger partial charge < -0.3 is 19.7 Å². The average molecular weight is 296 g/mol. The lowest BCUT2D eigenvalue weighted by Crippen LogP contribution is -2.39. The first kappa shape index (κ1) is 14.0. The van der Waals surface area contributed by atoms with Crippen LogP contribution in [-0.4, -0.2) is 29.4 Å². The van der Waals surface area contributed by atoms with E-state index in [9.17, 15) is 19.4 Å². The molecule has 2 N–H and O–H groups in total. The van der Waals surface area contributed by atoms with Crippen LogP contribution in [0.25, 0.3) is 0 Å². The molecule has 3 rings (SSSR count). The standard InChI is InChI=1S/C15H17FO5/c16-12-9(17)8-10-13(21-7-6-20-10)11(12)15(14(18)19)4-2-1-3-5-15/h8,17H,1-7H2,(H,18,19). The van der Waals surface area contributed by atoms with Gasteiger partial charge in [0, 0.05) is 6.07 Å². The first-order valence-corrected chi connectivity index (χ1v) is 7.11. The molecule has 1 heterocycles. The lowest BCUT2D eigenvalue weighted by molar-refractivity contribution is -0.145. The van der Waals surface area contributed by atoms with E-state index in [-0.39, 0.29) is 30.3 Å². The Morgan fingerprint density at radius 3 is 2.52 bits per heavy atom. The van der Waals surface area contributed by atoms with E-state index in [1.807, 2.05) is 0 Å². The molecule has 0 aromatic heterocycles. The summed E-state index contributed by atoms with van der Waals surface area (Å²) in [6, 6.07) is 1.14. The number of aliphatic carboxylic acids is 1. The molecule has 1 aliphatic carbocycles. The summed E-state index contributed by atoms with van der Waals surface area (Å²) in [5.74, 6) is -2.26. The number of hydrogen-bond acceptors (Lipinski definition) is 4. The zero-order chi connectivity index (χ0) is 15.0. The number of carbonyl (C=O) groups is 1. The maximum absolute atomic E-state index is 14.5. The number of ether oxygens (including phenoxy) is 2. The predicted molar refractivity (Wildman–Crippen MR) is 71.5 cm³/mol. The molecular formula is C15H17FO5. The van der Waals surface area contributed by atoms with E-state index in [2.05, 4.69) is 0 Å². The van der Waals surface area contributed by atoms with Crippen molar-refractivity contribution in [2.24, 2.45) is 0 Å². The quantitative estimate of drug-likeness (QED) is 0.877. The zero-order valence-electron chi connectivity index (χ0n) is 11.5. The monoisotopic (exact) mass is 296 g/mol. The van der Waals surface area contributed by atoms with Gasteiger partial charge in [0.25, 0.3) is 0 Å². The van der Waals surface area contributed by atoms with Crippen LogP contribution in [0.2, 0.25) is 0 Å². The van der Waals surface area contributed by atoms with Crippen LogP contribution in [0.4, 0.5) is 4.39 Å². The lowest BCUT2D eigenvalue weighted by Gasteiger charge is -2.36. The maximum atomic E-state index is 14.5. The Morgan fingerprint density at radius 2 is 1.86 bits per heavy atom. The van der Waals surface area contributed by atoms with Gasteiger partial charge in [-0.15, -0.1) is 0 Å². The van der Waals surface area contributed by atoms with Crippen molar-refractivity contribution in [2.75, 3.05) is 13.2 Å². The molecule has 1 fully saturated rings. The second-order valence-corrected chi connectivity index (χ2v) is 5.56. The van der Waals surface area contributed by atoms with Crippen molar-refractivity contribution < 1.29 is 28.9 Å². The van der Waals surface area contributed by atoms with E-state index in [1.54, 1.807) is 0 Å². The topological polar surface area (TPSA) is 76.0 Å². The summed E-state index contributed by atoms with van der Waals surface area (Å²) in [5, 5.41) is 19.5. The van der Waals surface area contributed by atoms with E-state index in [0.29, 0.717) is 25.7 Å². The Labute approximate surface area is 121 Å². The van der Waals surface area contributed by atoms with Crippen LogP contribution in [0.15, 0.2) is 6.07 Å². The SMILES string of the molecule is O=C(O)C1(c2c(F)c(O)cc3c2OCCO3)CCCCC1. The zero-order valence-corrected chi connectivity index (χ0v) is 11.5. The molecule has 0 unspecified atom stereocenters. The summed E-state index contributed by atoms with van der Waals surface area (Å²) in [6.07, 6.45) is 3.00. The van der Waals surface area contributed by atoms with Gasteiger partial charge in [0.05, 0.1) is 11.0 Å². The predicted octanol–water partition coefficient (Wildman–Crippen LogP) is 2.59. The third kappa shape index (κ3) is 2.09. The fourth-order valence-corrected chi connectivity index (χ4v) is 3.30. The van der Waals surface area contributed by atoms with Crippen LogP contribution in [0.3, 0.4) is 0 Å². The van der Waals surface area contributed by atoms with E-state index in [1.165, 1.54) is 0 Å². The summed E-state index contributed by atoms with van der Waals surface area (Å²) >= 11 is 0. The van der Waals surface area contributed by atoms with Crippen molar-refractivity contribution in [3.8, 4) is 17.2 Å². The maximum Gasteiger partial charge on any atom is 0.314 e. The number of halogens is 1. The Morgan fingerprint density at radius 1 is 1.19 bits per heavy atom. The Bertz CT molecular complexity index is 578. The second-order valence-electron chi connectivity index (χ2n) is 5.56. The second kappa shape index (κ2) is 5.09. The number of aromatic hydroxyl groups is 1. The molecule has 0 bridgehead atoms. The minimum Gasteiger partial charge on any atom is -0.505 e. The van der Waals surface area contributed by atoms with Gasteiger partial charge in [-0.25, -0.2) is 4.39 Å². The van der Waals surface area contributed by atoms with Crippen molar-refractivity contribution in [1.82, 2.24) is 0 Å². The van der Waals surface area contributed by atoms with Crippen LogP contribution in [0, 0.1) is 5.82 Å². The fraction of sp³-hybridized carbons (Fsp3) is 0.533. The fourth-order valence-electron chi connectivity index (χ4n) is 3.30. The molecule has 114 valence electrons. The lowest BCUT2D eigenvalue weighted by atomic mass is 9.68. The number of phenols is 1. The molecule has 6 heteroatoms. The van der Waals surface area contributed by atoms with E-state index >= 15 is 0 Å². The van der Waals surface area contributed by atoms with Crippen LogP contribution in [0.5, 0.6) is 17.2 Å². The third-order valence-corrected chi connectivity index (χ3v) is 4.35. The van der Waals surface area contributed by atoms with Gasteiger partial charge >= 0.3 is 5.97 Å². The largest absolute Gasteiger partial charge is 0.505 e. The first-order chi connectivity index (χ1) is 10.1. The van der Waals surface area contributed by atoms with E-state index in [4.69, 9.17) is 9.47 Å². The highest BCUT2D eigenvalue weighted by molar-refractivity contribution is 5.84. The third-order valence-electron chi connectivity index (χ3n) is 4.35. The highest BCUT2D eigenvalue weighted by atomic mass is 19.1. The van der Waals surface area contributed by atoms with Crippen molar-refractivity contribution in [2.45, 2.75) is 37.5 Å². The average Bonchev–Trinajstić information content (AvgIpc) is 2.49. The minimum atomic E-state index is -1.36. The molecule has 1 aromatic rings. The molecule has 5 nitrogen and oxygen atoms in total. The summed E-state index contributed by atoms with van der Waals surface area (Å²) < 4.78 is 25.4. The highest BCUT2D eigenvalue weighted by Crippen LogP contribution is 2.50. The van der Waals surface area contributed by atoms with Gasteiger partial charge in [0.15, 0.2) is 23.1 Å². The summed E-state index contributed by atoms with van der Waals surface area (Å²) in [5.41, 5.74) is -1.42. The number of carboxylic acids is 1. The number of hydrogen-bond donors (Lipinski definition) is 2. The van der Waals surface area contributed by atoms with Crippen LogP contribution in [-0.2, 0) is 10.2 Å². The number of benzene rings is 1. The molecular weight excluding hydrogens is 279 g/mol. The van der Waals surface area contributed by atoms with Crippen molar-refractivity contribution >= 4 is 5.97 Å². The van der Waals surface area contributed by atoms with Gasteiger partial charge in [0.1, 0.15) is 13.2 Å². The molecule has 0 spiro atoms. The number of fused-ring (bicyclic) bond motifs is 1. The molecule has 1 aromatic carbocycles. The minimum absolute atomic E-state index is 0.0654. The molecule has 0 amide bonds. The summed E-state index contributed by atoms with van der Waals surface area (Å²) in [7, 11) is 0. The first-order valence-electron chi connectivity index (χ1n) is 7.11. The number of rotatable bonds is 2. The van der Waals surface area contributed by atoms with Gasteiger partial charge in [-0.05, 0) is 12.8 Å². The van der Waals surface area contributed by atoms with E-state index < -0.39 is 23.0 Å². The normalized spacial score (nSPS) is 20.0. The van der Waals surface area contributed by atoms with Crippen molar-refractivity contribution in [1.29, 1.82) is 0 Å². The van der Waals surface area contributed by atoms with Crippen LogP contribution < -0.4 is 9.47 Å². The van der Waals surface area contributed by atoms with Crippen LogP contribution in [0.1, 0.15) is 37.7 Å². The van der Waals surface area contributed by atoms with Crippen molar-refractivity contribution in [3.63, 3.8) is 0 Å². The van der Waals surface area contributed by atoms with Crippen LogP contribution >= 0.6 is 0 Å². The molecule has 1 aliphatic heterocycles.